The molecule has 0 unspecified atom stereocenters. The summed E-state index contributed by atoms with van der Waals surface area (Å²) in [7, 11) is 0. The van der Waals surface area contributed by atoms with Gasteiger partial charge in [-0.3, -0.25) is 4.79 Å². The van der Waals surface area contributed by atoms with Crippen molar-refractivity contribution in [2.45, 2.75) is 19.9 Å². The Morgan fingerprint density at radius 2 is 1.76 bits per heavy atom. The molecule has 0 bridgehead atoms. The van der Waals surface area contributed by atoms with Crippen molar-refractivity contribution in [3.05, 3.63) is 62.6 Å². The van der Waals surface area contributed by atoms with Crippen molar-refractivity contribution >= 4 is 35.2 Å². The molecule has 0 spiro atoms. The summed E-state index contributed by atoms with van der Waals surface area (Å²) < 4.78 is 0. The van der Waals surface area contributed by atoms with Crippen LogP contribution in [0, 0.1) is 6.92 Å². The van der Waals surface area contributed by atoms with Gasteiger partial charge in [-0.05, 0) is 41.7 Å². The summed E-state index contributed by atoms with van der Waals surface area (Å²) in [5.41, 5.74) is 3.32. The number of halogens is 2. The van der Waals surface area contributed by atoms with E-state index in [9.17, 15) is 15.0 Å². The third kappa shape index (κ3) is 3.32. The smallest absolute Gasteiger partial charge is 0.246 e. The predicted molar refractivity (Wildman–Crippen MR) is 99.1 cm³/mol. The maximum Gasteiger partial charge on any atom is 0.246 e. The van der Waals surface area contributed by atoms with Gasteiger partial charge in [0.25, 0.3) is 0 Å². The normalized spacial score (nSPS) is 14.0. The second-order valence-electron chi connectivity index (χ2n) is 5.98. The lowest BCUT2D eigenvalue weighted by Gasteiger charge is -2.30. The number of hydrogen-bond donors (Lipinski definition) is 2. The van der Waals surface area contributed by atoms with E-state index in [1.807, 2.05) is 31.2 Å². The lowest BCUT2D eigenvalue weighted by atomic mass is 9.98. The predicted octanol–water partition coefficient (Wildman–Crippen LogP) is 4.31. The number of aromatic hydroxyl groups is 2. The van der Waals surface area contributed by atoms with Crippen molar-refractivity contribution in [3.8, 4) is 11.5 Å². The number of phenols is 2. The zero-order valence-corrected chi connectivity index (χ0v) is 15.1. The quantitative estimate of drug-likeness (QED) is 0.605. The zero-order valence-electron chi connectivity index (χ0n) is 13.6. The van der Waals surface area contributed by atoms with Gasteiger partial charge in [0.1, 0.15) is 0 Å². The van der Waals surface area contributed by atoms with Gasteiger partial charge in [0.05, 0.1) is 10.0 Å². The van der Waals surface area contributed by atoms with E-state index in [4.69, 9.17) is 23.2 Å². The largest absolute Gasteiger partial charge is 0.503 e. The van der Waals surface area contributed by atoms with Gasteiger partial charge >= 0.3 is 0 Å². The molecule has 2 aromatic carbocycles. The Hall–Kier alpha value is -2.17. The first-order valence-corrected chi connectivity index (χ1v) is 8.59. The molecule has 0 saturated carbocycles. The molecule has 0 aliphatic carbocycles. The molecule has 1 heterocycles. The molecule has 1 amide bonds. The van der Waals surface area contributed by atoms with Crippen LogP contribution >= 0.6 is 23.2 Å². The van der Waals surface area contributed by atoms with Crippen LogP contribution in [0.4, 0.5) is 0 Å². The van der Waals surface area contributed by atoms with E-state index in [2.05, 4.69) is 0 Å². The first-order valence-electron chi connectivity index (χ1n) is 7.83. The molecule has 2 aromatic rings. The van der Waals surface area contributed by atoms with Crippen LogP contribution in [0.15, 0.2) is 30.3 Å². The topological polar surface area (TPSA) is 60.8 Å². The number of carbonyl (C=O) groups is 1. The van der Waals surface area contributed by atoms with Crippen LogP contribution in [0.5, 0.6) is 11.5 Å². The fraction of sp³-hybridized carbons (Fsp3) is 0.211. The molecular formula is C19H17Cl2NO3. The number of hydrogen-bond acceptors (Lipinski definition) is 3. The number of aryl methyl sites for hydroxylation is 1. The third-order valence-corrected chi connectivity index (χ3v) is 5.23. The minimum Gasteiger partial charge on any atom is -0.503 e. The average Bonchev–Trinajstić information content (AvgIpc) is 2.63. The Labute approximate surface area is 155 Å². The highest BCUT2D eigenvalue weighted by molar-refractivity contribution is 6.36. The summed E-state index contributed by atoms with van der Waals surface area (Å²) in [5, 5.41) is 19.8. The Morgan fingerprint density at radius 1 is 1.12 bits per heavy atom. The van der Waals surface area contributed by atoms with Crippen molar-refractivity contribution in [1.29, 1.82) is 0 Å². The summed E-state index contributed by atoms with van der Waals surface area (Å²) in [4.78, 5) is 14.1. The van der Waals surface area contributed by atoms with E-state index in [0.29, 0.717) is 24.1 Å². The van der Waals surface area contributed by atoms with Crippen molar-refractivity contribution < 1.29 is 15.0 Å². The van der Waals surface area contributed by atoms with Gasteiger partial charge in [-0.1, -0.05) is 47.5 Å². The maximum atomic E-state index is 12.5. The number of nitrogens with zero attached hydrogens (tertiary/aromatic N) is 1. The first-order chi connectivity index (χ1) is 11.9. The SMILES string of the molecule is Cc1ccccc1/C=C\C(=O)N1CCc2c(Cl)c(O)c(O)c(Cl)c2C1. The lowest BCUT2D eigenvalue weighted by molar-refractivity contribution is -0.126. The van der Waals surface area contributed by atoms with Gasteiger partial charge < -0.3 is 15.1 Å². The average molecular weight is 378 g/mol. The van der Waals surface area contributed by atoms with Gasteiger partial charge in [0.2, 0.25) is 5.91 Å². The van der Waals surface area contributed by atoms with Crippen LogP contribution in [-0.2, 0) is 17.8 Å². The molecular weight excluding hydrogens is 361 g/mol. The highest BCUT2D eigenvalue weighted by Crippen LogP contribution is 2.46. The molecule has 25 heavy (non-hydrogen) atoms. The number of amides is 1. The van der Waals surface area contributed by atoms with Crippen LogP contribution in [-0.4, -0.2) is 27.6 Å². The lowest BCUT2D eigenvalue weighted by Crippen LogP contribution is -2.35. The van der Waals surface area contributed by atoms with Gasteiger partial charge in [-0.2, -0.15) is 0 Å². The molecule has 1 aliphatic heterocycles. The summed E-state index contributed by atoms with van der Waals surface area (Å²) >= 11 is 12.2. The highest BCUT2D eigenvalue weighted by Gasteiger charge is 2.28. The zero-order chi connectivity index (χ0) is 18.1. The van der Waals surface area contributed by atoms with Crippen molar-refractivity contribution in [1.82, 2.24) is 4.90 Å². The molecule has 0 fully saturated rings. The molecule has 0 aromatic heterocycles. The second kappa shape index (κ2) is 6.98. The molecule has 2 N–H and O–H groups in total. The monoisotopic (exact) mass is 377 g/mol. The number of benzene rings is 2. The minimum absolute atomic E-state index is 0.0392. The van der Waals surface area contributed by atoms with E-state index in [1.165, 1.54) is 6.08 Å². The molecule has 6 heteroatoms. The van der Waals surface area contributed by atoms with Crippen LogP contribution in [0.2, 0.25) is 10.0 Å². The van der Waals surface area contributed by atoms with E-state index in [1.54, 1.807) is 11.0 Å². The summed E-state index contributed by atoms with van der Waals surface area (Å²) in [6.07, 6.45) is 3.78. The van der Waals surface area contributed by atoms with Gasteiger partial charge in [0.15, 0.2) is 11.5 Å². The molecule has 4 nitrogen and oxygen atoms in total. The molecule has 3 rings (SSSR count). The Kier molecular flexibility index (Phi) is 4.93. The van der Waals surface area contributed by atoms with Crippen molar-refractivity contribution in [2.24, 2.45) is 0 Å². The van der Waals surface area contributed by atoms with E-state index in [0.717, 1.165) is 11.1 Å². The van der Waals surface area contributed by atoms with Crippen LogP contribution in [0.1, 0.15) is 22.3 Å². The van der Waals surface area contributed by atoms with Crippen LogP contribution in [0.25, 0.3) is 6.08 Å². The van der Waals surface area contributed by atoms with Crippen LogP contribution in [0.3, 0.4) is 0 Å². The number of phenolic OH excluding ortho intramolecular Hbond substituents is 2. The Morgan fingerprint density at radius 3 is 2.44 bits per heavy atom. The van der Waals surface area contributed by atoms with Crippen molar-refractivity contribution in [3.63, 3.8) is 0 Å². The van der Waals surface area contributed by atoms with Gasteiger partial charge in [-0.15, -0.1) is 0 Å². The highest BCUT2D eigenvalue weighted by atomic mass is 35.5. The summed E-state index contributed by atoms with van der Waals surface area (Å²) in [6, 6.07) is 7.80. The first kappa shape index (κ1) is 17.6. The molecule has 0 saturated heterocycles. The number of fused-ring (bicyclic) bond motifs is 1. The van der Waals surface area contributed by atoms with E-state index < -0.39 is 11.5 Å². The molecule has 1 aliphatic rings. The van der Waals surface area contributed by atoms with E-state index >= 15 is 0 Å². The maximum absolute atomic E-state index is 12.5. The fourth-order valence-electron chi connectivity index (χ4n) is 2.93. The van der Waals surface area contributed by atoms with Gasteiger partial charge in [0, 0.05) is 19.2 Å². The van der Waals surface area contributed by atoms with Crippen molar-refractivity contribution in [2.75, 3.05) is 6.54 Å². The van der Waals surface area contributed by atoms with E-state index in [-0.39, 0.29) is 22.5 Å². The molecule has 0 radical (unpaired) electrons. The number of rotatable bonds is 2. The fourth-order valence-corrected chi connectivity index (χ4v) is 3.49. The summed E-state index contributed by atoms with van der Waals surface area (Å²) in [5.74, 6) is -1.01. The van der Waals surface area contributed by atoms with Gasteiger partial charge in [-0.25, -0.2) is 0 Å². The minimum atomic E-state index is -0.449. The Balaban J connectivity index is 1.83. The number of carbonyl (C=O) groups excluding carboxylic acids is 1. The third-order valence-electron chi connectivity index (χ3n) is 4.42. The standard InChI is InChI=1S/C19H17Cl2NO3/c1-11-4-2-3-5-12(11)6-7-15(23)22-9-8-13-14(10-22)17(21)19(25)18(24)16(13)20/h2-7,24-25H,8-10H2,1H3/b7-6-. The second-order valence-corrected chi connectivity index (χ2v) is 6.74. The molecule has 130 valence electrons. The molecule has 0 atom stereocenters. The Bertz CT molecular complexity index is 877. The summed E-state index contributed by atoms with van der Waals surface area (Å²) in [6.45, 7) is 2.68. The van der Waals surface area contributed by atoms with Crippen LogP contribution < -0.4 is 0 Å².